The fourth-order valence-electron chi connectivity index (χ4n) is 8.11. The van der Waals surface area contributed by atoms with Gasteiger partial charge in [-0.25, -0.2) is 9.97 Å². The van der Waals surface area contributed by atoms with E-state index < -0.39 is 0 Å². The van der Waals surface area contributed by atoms with Crippen LogP contribution < -0.4 is 4.74 Å². The molecule has 0 bridgehead atoms. The van der Waals surface area contributed by atoms with Crippen molar-refractivity contribution in [2.75, 3.05) is 0 Å². The molecule has 7 heteroatoms. The molecule has 0 amide bonds. The predicted molar refractivity (Wildman–Crippen MR) is 260 cm³/mol. The highest BCUT2D eigenvalue weighted by atomic mass is 16.5. The molecule has 0 unspecified atom stereocenters. The van der Waals surface area contributed by atoms with Crippen molar-refractivity contribution in [1.82, 2.24) is 29.9 Å². The predicted octanol–water partition coefficient (Wildman–Crippen LogP) is 13.4. The molecule has 0 aliphatic carbocycles. The Bertz CT molecular complexity index is 3040. The second-order valence-electron chi connectivity index (χ2n) is 15.8. The van der Waals surface area contributed by atoms with Gasteiger partial charge in [0.05, 0.1) is 22.8 Å². The summed E-state index contributed by atoms with van der Waals surface area (Å²) in [4.78, 5) is 28.2. The van der Waals surface area contributed by atoms with Gasteiger partial charge in [0.1, 0.15) is 11.5 Å². The van der Waals surface area contributed by atoms with E-state index in [-0.39, 0.29) is 0 Å². The van der Waals surface area contributed by atoms with Gasteiger partial charge in [-0.15, -0.1) is 0 Å². The highest BCUT2D eigenvalue weighted by molar-refractivity contribution is 5.86. The molecule has 5 aromatic heterocycles. The van der Waals surface area contributed by atoms with E-state index in [0.717, 1.165) is 93.1 Å². The summed E-state index contributed by atoms with van der Waals surface area (Å²) >= 11 is 0. The van der Waals surface area contributed by atoms with Crippen molar-refractivity contribution in [1.29, 1.82) is 0 Å². The fraction of sp³-hybridized carbons (Fsp3) is 0.0690. The molecule has 10 rings (SSSR count). The standard InChI is InChI=1S/C58H44N6O/c1-2-14-51(50(13-1)52-31-29-47(58-62-35-10-36-63-58)40-57(52)65-49-12-9-11-46(39-49)55-17-5-8-34-61-55)56-38-43(19-18-41-20-25-44(26-21-41)53-15-3-6-32-59-53)37-48(64-56)30-24-42-22-27-45(28-23-42)54-16-4-7-33-60-54/h1-17,20-23,25-29,31-40H,18-19,24,30H2. The van der Waals surface area contributed by atoms with Crippen LogP contribution in [0.5, 0.6) is 11.5 Å². The molecule has 65 heavy (non-hydrogen) atoms. The van der Waals surface area contributed by atoms with Crippen molar-refractivity contribution < 1.29 is 4.74 Å². The van der Waals surface area contributed by atoms with E-state index in [1.807, 2.05) is 103 Å². The van der Waals surface area contributed by atoms with Gasteiger partial charge in [0, 0.05) is 70.1 Å². The van der Waals surface area contributed by atoms with Crippen molar-refractivity contribution >= 4 is 0 Å². The third-order valence-corrected chi connectivity index (χ3v) is 11.5. The molecule has 0 aliphatic heterocycles. The minimum atomic E-state index is 0.621. The average Bonchev–Trinajstić information content (AvgIpc) is 3.39. The fourth-order valence-corrected chi connectivity index (χ4v) is 8.11. The zero-order valence-corrected chi connectivity index (χ0v) is 35.7. The largest absolute Gasteiger partial charge is 0.457 e. The summed E-state index contributed by atoms with van der Waals surface area (Å²) in [5, 5.41) is 0. The van der Waals surface area contributed by atoms with Gasteiger partial charge >= 0.3 is 0 Å². The molecule has 0 N–H and O–H groups in total. The number of hydrogen-bond donors (Lipinski definition) is 0. The third kappa shape index (κ3) is 9.80. The Hall–Kier alpha value is -8.42. The van der Waals surface area contributed by atoms with Gasteiger partial charge in [0.2, 0.25) is 0 Å². The van der Waals surface area contributed by atoms with Crippen LogP contribution in [0.15, 0.2) is 219 Å². The van der Waals surface area contributed by atoms with Crippen molar-refractivity contribution in [2.24, 2.45) is 0 Å². The second-order valence-corrected chi connectivity index (χ2v) is 15.8. The number of benzene rings is 5. The monoisotopic (exact) mass is 840 g/mol. The molecular formula is C58H44N6O. The Morgan fingerprint density at radius 1 is 0.323 bits per heavy atom. The summed E-state index contributed by atoms with van der Waals surface area (Å²) in [5.41, 5.74) is 15.5. The van der Waals surface area contributed by atoms with Gasteiger partial charge in [-0.2, -0.15) is 0 Å². The van der Waals surface area contributed by atoms with Crippen LogP contribution in [0.25, 0.3) is 67.5 Å². The molecule has 5 aromatic carbocycles. The van der Waals surface area contributed by atoms with Crippen LogP contribution in [0.4, 0.5) is 0 Å². The van der Waals surface area contributed by atoms with Crippen LogP contribution in [0.1, 0.15) is 22.4 Å². The van der Waals surface area contributed by atoms with E-state index in [2.05, 4.69) is 122 Å². The first-order valence-corrected chi connectivity index (χ1v) is 21.9. The molecule has 0 saturated carbocycles. The zero-order chi connectivity index (χ0) is 43.6. The molecule has 0 fully saturated rings. The van der Waals surface area contributed by atoms with Gasteiger partial charge in [-0.1, -0.05) is 109 Å². The number of hydrogen-bond acceptors (Lipinski definition) is 7. The quantitative estimate of drug-likeness (QED) is 0.108. The first-order valence-electron chi connectivity index (χ1n) is 21.9. The van der Waals surface area contributed by atoms with Crippen LogP contribution in [0.3, 0.4) is 0 Å². The number of ether oxygens (including phenoxy) is 1. The highest BCUT2D eigenvalue weighted by Crippen LogP contribution is 2.41. The summed E-state index contributed by atoms with van der Waals surface area (Å²) in [6, 6.07) is 64.5. The topological polar surface area (TPSA) is 86.6 Å². The summed E-state index contributed by atoms with van der Waals surface area (Å²) < 4.78 is 6.86. The average molecular weight is 841 g/mol. The Morgan fingerprint density at radius 3 is 1.51 bits per heavy atom. The van der Waals surface area contributed by atoms with Crippen LogP contribution in [0, 0.1) is 0 Å². The van der Waals surface area contributed by atoms with E-state index in [1.165, 1.54) is 16.7 Å². The number of pyridine rings is 4. The van der Waals surface area contributed by atoms with E-state index in [9.17, 15) is 0 Å². The zero-order valence-electron chi connectivity index (χ0n) is 35.7. The molecule has 312 valence electrons. The molecule has 0 radical (unpaired) electrons. The van der Waals surface area contributed by atoms with Crippen LogP contribution in [-0.4, -0.2) is 29.9 Å². The number of aromatic nitrogens is 6. The van der Waals surface area contributed by atoms with Crippen molar-refractivity contribution in [3.8, 4) is 79.0 Å². The molecule has 0 spiro atoms. The maximum absolute atomic E-state index is 6.86. The Labute approximate surface area is 379 Å². The Balaban J connectivity index is 1.00. The third-order valence-electron chi connectivity index (χ3n) is 11.5. The lowest BCUT2D eigenvalue weighted by molar-refractivity contribution is 0.485. The van der Waals surface area contributed by atoms with E-state index in [0.29, 0.717) is 17.3 Å². The van der Waals surface area contributed by atoms with E-state index in [4.69, 9.17) is 9.72 Å². The smallest absolute Gasteiger partial charge is 0.159 e. The first-order chi connectivity index (χ1) is 32.2. The van der Waals surface area contributed by atoms with Crippen LogP contribution in [0.2, 0.25) is 0 Å². The van der Waals surface area contributed by atoms with Crippen LogP contribution in [-0.2, 0) is 25.7 Å². The van der Waals surface area contributed by atoms with Crippen LogP contribution >= 0.6 is 0 Å². The normalized spacial score (nSPS) is 11.0. The van der Waals surface area contributed by atoms with Gasteiger partial charge in [-0.3, -0.25) is 19.9 Å². The minimum absolute atomic E-state index is 0.621. The summed E-state index contributed by atoms with van der Waals surface area (Å²) in [6.07, 6.45) is 12.4. The van der Waals surface area contributed by atoms with E-state index in [1.54, 1.807) is 18.6 Å². The maximum Gasteiger partial charge on any atom is 0.159 e. The summed E-state index contributed by atoms with van der Waals surface area (Å²) in [6.45, 7) is 0. The first kappa shape index (κ1) is 40.6. The molecule has 0 aliphatic rings. The van der Waals surface area contributed by atoms with Gasteiger partial charge in [-0.05, 0) is 127 Å². The number of nitrogens with zero attached hydrogens (tertiary/aromatic N) is 6. The second kappa shape index (κ2) is 19.3. The summed E-state index contributed by atoms with van der Waals surface area (Å²) in [5.74, 6) is 2.00. The highest BCUT2D eigenvalue weighted by Gasteiger charge is 2.18. The SMILES string of the molecule is c1ccc(-c2ccc(CCc3cc(CCc4ccc(-c5ccccn5)cc4)nc(-c4ccccc4-c4ccc(-c5ncccn5)cc4Oc4cccc(-c5ccccn5)c4)c3)cc2)nc1. The summed E-state index contributed by atoms with van der Waals surface area (Å²) in [7, 11) is 0. The molecule has 0 saturated heterocycles. The Morgan fingerprint density at radius 2 is 0.877 bits per heavy atom. The molecule has 10 aromatic rings. The van der Waals surface area contributed by atoms with Gasteiger partial charge < -0.3 is 4.74 Å². The minimum Gasteiger partial charge on any atom is -0.457 e. The lowest BCUT2D eigenvalue weighted by Crippen LogP contribution is -2.01. The number of rotatable bonds is 14. The van der Waals surface area contributed by atoms with Gasteiger partial charge in [0.25, 0.3) is 0 Å². The molecular weight excluding hydrogens is 797 g/mol. The Kier molecular flexibility index (Phi) is 12.1. The lowest BCUT2D eigenvalue weighted by Gasteiger charge is -2.17. The number of aryl methyl sites for hydroxylation is 4. The van der Waals surface area contributed by atoms with E-state index >= 15 is 0 Å². The molecule has 5 heterocycles. The van der Waals surface area contributed by atoms with Crippen molar-refractivity contribution in [3.63, 3.8) is 0 Å². The van der Waals surface area contributed by atoms with Gasteiger partial charge in [0.15, 0.2) is 5.82 Å². The molecule has 7 nitrogen and oxygen atoms in total. The maximum atomic E-state index is 6.86. The van der Waals surface area contributed by atoms with Crippen molar-refractivity contribution in [2.45, 2.75) is 25.7 Å². The molecule has 0 atom stereocenters. The van der Waals surface area contributed by atoms with Crippen molar-refractivity contribution in [3.05, 3.63) is 241 Å². The lowest BCUT2D eigenvalue weighted by atomic mass is 9.93.